The van der Waals surface area contributed by atoms with Crippen LogP contribution in [-0.2, 0) is 16.6 Å². The number of allylic oxidation sites excluding steroid dienone is 4. The maximum atomic E-state index is 2.61. The molecule has 0 amide bonds. The summed E-state index contributed by atoms with van der Waals surface area (Å²) in [6, 6.07) is 0. The predicted molar refractivity (Wildman–Crippen MR) is 79.0 cm³/mol. The summed E-state index contributed by atoms with van der Waals surface area (Å²) in [5.74, 6) is 0.808. The molecule has 0 aromatic heterocycles. The van der Waals surface area contributed by atoms with Crippen molar-refractivity contribution in [2.75, 3.05) is 0 Å². The summed E-state index contributed by atoms with van der Waals surface area (Å²) < 4.78 is 0.982. The van der Waals surface area contributed by atoms with Gasteiger partial charge in [0, 0.05) is 0 Å². The fourth-order valence-electron chi connectivity index (χ4n) is 4.34. The summed E-state index contributed by atoms with van der Waals surface area (Å²) in [7, 11) is 0. The Morgan fingerprint density at radius 1 is 1.17 bits per heavy atom. The van der Waals surface area contributed by atoms with Crippen molar-refractivity contribution in [3.8, 4) is 0 Å². The number of hydrogen-bond donors (Lipinski definition) is 0. The molecule has 18 heavy (non-hydrogen) atoms. The van der Waals surface area contributed by atoms with Gasteiger partial charge in [0.25, 0.3) is 0 Å². The SMILES string of the molecule is CCC1=C(C)C(CC)C2=C1[CH]([Ti]([CH3])([CH3])[CH3])CCC2. The first-order chi connectivity index (χ1) is 8.41. The summed E-state index contributed by atoms with van der Waals surface area (Å²) >= 11 is -1.58. The molecule has 102 valence electrons. The van der Waals surface area contributed by atoms with Crippen LogP contribution in [0.15, 0.2) is 22.3 Å². The van der Waals surface area contributed by atoms with Crippen LogP contribution in [0.3, 0.4) is 0 Å². The molecule has 0 saturated heterocycles. The van der Waals surface area contributed by atoms with Crippen LogP contribution < -0.4 is 0 Å². The molecule has 0 spiro atoms. The number of hydrogen-bond acceptors (Lipinski definition) is 0. The van der Waals surface area contributed by atoms with Gasteiger partial charge in [-0.05, 0) is 0 Å². The van der Waals surface area contributed by atoms with E-state index in [1.165, 1.54) is 32.1 Å². The zero-order valence-electron chi connectivity index (χ0n) is 13.2. The zero-order valence-corrected chi connectivity index (χ0v) is 14.8. The van der Waals surface area contributed by atoms with Gasteiger partial charge in [-0.2, -0.15) is 0 Å². The molecule has 0 N–H and O–H groups in total. The molecule has 0 aliphatic heterocycles. The minimum absolute atomic E-state index is 0.808. The van der Waals surface area contributed by atoms with E-state index in [0.717, 1.165) is 10.1 Å². The zero-order chi connectivity index (χ0) is 13.5. The van der Waals surface area contributed by atoms with Crippen LogP contribution in [0.1, 0.15) is 52.9 Å². The van der Waals surface area contributed by atoms with Gasteiger partial charge in [-0.15, -0.1) is 0 Å². The fraction of sp³-hybridized carbons (Fsp3) is 0.765. The van der Waals surface area contributed by atoms with Crippen LogP contribution in [0, 0.1) is 5.92 Å². The summed E-state index contributed by atoms with van der Waals surface area (Å²) in [6.45, 7) is 7.15. The molecule has 2 unspecified atom stereocenters. The van der Waals surface area contributed by atoms with Crippen molar-refractivity contribution in [2.45, 2.75) is 72.8 Å². The van der Waals surface area contributed by atoms with Gasteiger partial charge in [0.15, 0.2) is 0 Å². The van der Waals surface area contributed by atoms with Crippen LogP contribution in [-0.4, -0.2) is 0 Å². The molecule has 0 heterocycles. The molecule has 2 aliphatic carbocycles. The van der Waals surface area contributed by atoms with Gasteiger partial charge in [-0.25, -0.2) is 0 Å². The first kappa shape index (κ1) is 14.6. The van der Waals surface area contributed by atoms with Crippen molar-refractivity contribution in [1.82, 2.24) is 0 Å². The average Bonchev–Trinajstić information content (AvgIpc) is 2.58. The minimum atomic E-state index is -1.58. The molecule has 0 aromatic carbocycles. The van der Waals surface area contributed by atoms with Crippen LogP contribution in [0.4, 0.5) is 0 Å². The van der Waals surface area contributed by atoms with Gasteiger partial charge in [0.1, 0.15) is 0 Å². The van der Waals surface area contributed by atoms with Gasteiger partial charge in [0.2, 0.25) is 0 Å². The molecule has 0 bridgehead atoms. The van der Waals surface area contributed by atoms with E-state index >= 15 is 0 Å². The second-order valence-corrected chi connectivity index (χ2v) is 15.7. The third kappa shape index (κ3) is 2.31. The summed E-state index contributed by atoms with van der Waals surface area (Å²) in [5.41, 5.74) is 7.23. The van der Waals surface area contributed by atoms with Crippen molar-refractivity contribution in [3.63, 3.8) is 0 Å². The van der Waals surface area contributed by atoms with E-state index in [1.807, 2.05) is 11.1 Å². The average molecular weight is 282 g/mol. The number of rotatable bonds is 3. The van der Waals surface area contributed by atoms with Gasteiger partial charge in [-0.3, -0.25) is 0 Å². The van der Waals surface area contributed by atoms with Crippen molar-refractivity contribution in [2.24, 2.45) is 5.92 Å². The van der Waals surface area contributed by atoms with E-state index in [4.69, 9.17) is 0 Å². The van der Waals surface area contributed by atoms with E-state index < -0.39 is 16.6 Å². The van der Waals surface area contributed by atoms with Crippen molar-refractivity contribution in [3.05, 3.63) is 22.3 Å². The Kier molecular flexibility index (Phi) is 4.29. The summed E-state index contributed by atoms with van der Waals surface area (Å²) in [6.07, 6.45) is 6.90. The molecule has 2 rings (SSSR count). The summed E-state index contributed by atoms with van der Waals surface area (Å²) in [5, 5.41) is 7.84. The van der Waals surface area contributed by atoms with Crippen molar-refractivity contribution < 1.29 is 16.6 Å². The van der Waals surface area contributed by atoms with Gasteiger partial charge < -0.3 is 0 Å². The second-order valence-electron chi connectivity index (χ2n) is 7.23. The van der Waals surface area contributed by atoms with Crippen LogP contribution in [0.2, 0.25) is 19.9 Å². The fourth-order valence-corrected chi connectivity index (χ4v) is 7.92. The molecular weight excluding hydrogens is 252 g/mol. The van der Waals surface area contributed by atoms with E-state index in [0.29, 0.717) is 0 Å². The van der Waals surface area contributed by atoms with Crippen molar-refractivity contribution >= 4 is 0 Å². The Labute approximate surface area is 117 Å². The molecule has 2 aliphatic rings. The maximum absolute atomic E-state index is 2.61. The first-order valence-electron chi connectivity index (χ1n) is 7.84. The van der Waals surface area contributed by atoms with Gasteiger partial charge in [-0.1, -0.05) is 0 Å². The van der Waals surface area contributed by atoms with Gasteiger partial charge >= 0.3 is 118 Å². The third-order valence-electron chi connectivity index (χ3n) is 5.18. The van der Waals surface area contributed by atoms with E-state index in [2.05, 4.69) is 36.5 Å². The molecule has 0 nitrogen and oxygen atoms in total. The Morgan fingerprint density at radius 3 is 2.33 bits per heavy atom. The van der Waals surface area contributed by atoms with Crippen LogP contribution >= 0.6 is 0 Å². The Bertz CT molecular complexity index is 392. The normalized spacial score (nSPS) is 29.0. The van der Waals surface area contributed by atoms with Crippen LogP contribution in [0.5, 0.6) is 0 Å². The molecule has 0 aromatic rings. The molecule has 0 fully saturated rings. The molecule has 0 saturated carbocycles. The standard InChI is InChI=1S/C14H21.3CH3.Ti/c1-4-11-10(3)12(5-2)14-9-7-6-8-13(11)14;;;;/h8,12H,4-7,9H2,1-3H3;3*1H3;. The monoisotopic (exact) mass is 282 g/mol. The Balaban J connectivity index is 2.50. The Morgan fingerprint density at radius 2 is 1.83 bits per heavy atom. The second kappa shape index (κ2) is 5.29. The van der Waals surface area contributed by atoms with Gasteiger partial charge in [0.05, 0.1) is 0 Å². The molecule has 2 atom stereocenters. The van der Waals surface area contributed by atoms with E-state index in [1.54, 1.807) is 11.1 Å². The molecule has 1 heteroatoms. The van der Waals surface area contributed by atoms with E-state index in [9.17, 15) is 0 Å². The molecule has 0 radical (unpaired) electrons. The first-order valence-corrected chi connectivity index (χ1v) is 13.4. The Hall–Kier alpha value is 0.194. The topological polar surface area (TPSA) is 0 Å². The summed E-state index contributed by atoms with van der Waals surface area (Å²) in [4.78, 5) is 0. The van der Waals surface area contributed by atoms with Crippen LogP contribution in [0.25, 0.3) is 0 Å². The third-order valence-corrected chi connectivity index (χ3v) is 9.35. The molecular formula is C17H30Ti. The van der Waals surface area contributed by atoms with Crippen molar-refractivity contribution in [1.29, 1.82) is 0 Å². The predicted octanol–water partition coefficient (Wildman–Crippen LogP) is 6.32. The quantitative estimate of drug-likeness (QED) is 0.531. The van der Waals surface area contributed by atoms with E-state index in [-0.39, 0.29) is 0 Å².